The summed E-state index contributed by atoms with van der Waals surface area (Å²) in [4.78, 5) is 36.7. The second kappa shape index (κ2) is 4.38. The molecule has 0 spiro atoms. The SMILES string of the molecule is CC(C)(C)N1C(=O)NC(=O)C(=Cc2ccco2)C1=O. The van der Waals surface area contributed by atoms with Gasteiger partial charge in [0.05, 0.1) is 6.26 Å². The van der Waals surface area contributed by atoms with E-state index in [-0.39, 0.29) is 5.57 Å². The highest BCUT2D eigenvalue weighted by Crippen LogP contribution is 2.22. The molecular formula is C13H14N2O4. The Labute approximate surface area is 110 Å². The number of amides is 4. The van der Waals surface area contributed by atoms with Crippen LogP contribution in [-0.4, -0.2) is 28.3 Å². The van der Waals surface area contributed by atoms with Crippen molar-refractivity contribution in [1.82, 2.24) is 10.2 Å². The highest BCUT2D eigenvalue weighted by molar-refractivity contribution is 6.31. The zero-order valence-electron chi connectivity index (χ0n) is 10.9. The lowest BCUT2D eigenvalue weighted by atomic mass is 10.0. The predicted octanol–water partition coefficient (Wildman–Crippen LogP) is 1.54. The molecule has 1 N–H and O–H groups in total. The van der Waals surface area contributed by atoms with Crippen LogP contribution in [0.2, 0.25) is 0 Å². The highest BCUT2D eigenvalue weighted by Gasteiger charge is 2.41. The Morgan fingerprint density at radius 2 is 1.95 bits per heavy atom. The van der Waals surface area contributed by atoms with Gasteiger partial charge >= 0.3 is 6.03 Å². The largest absolute Gasteiger partial charge is 0.465 e. The number of furan rings is 1. The summed E-state index contributed by atoms with van der Waals surface area (Å²) in [5.41, 5.74) is -0.839. The molecule has 1 aliphatic rings. The maximum atomic E-state index is 12.3. The topological polar surface area (TPSA) is 79.6 Å². The molecule has 4 amide bonds. The number of nitrogens with one attached hydrogen (secondary N) is 1. The number of hydrogen-bond acceptors (Lipinski definition) is 4. The Morgan fingerprint density at radius 1 is 1.26 bits per heavy atom. The third-order valence-corrected chi connectivity index (χ3v) is 2.60. The van der Waals surface area contributed by atoms with Gasteiger partial charge in [0, 0.05) is 5.54 Å². The Balaban J connectivity index is 2.42. The van der Waals surface area contributed by atoms with E-state index in [2.05, 4.69) is 5.32 Å². The fourth-order valence-electron chi connectivity index (χ4n) is 1.78. The number of nitrogens with zero attached hydrogens (tertiary/aromatic N) is 1. The molecule has 0 aliphatic carbocycles. The molecule has 6 nitrogen and oxygen atoms in total. The van der Waals surface area contributed by atoms with Crippen LogP contribution < -0.4 is 5.32 Å². The van der Waals surface area contributed by atoms with Crippen molar-refractivity contribution in [2.24, 2.45) is 0 Å². The molecule has 1 saturated heterocycles. The fraction of sp³-hybridized carbons (Fsp3) is 0.308. The Hall–Kier alpha value is -2.37. The number of imide groups is 2. The van der Waals surface area contributed by atoms with Crippen molar-refractivity contribution in [2.45, 2.75) is 26.3 Å². The van der Waals surface area contributed by atoms with E-state index in [1.54, 1.807) is 32.9 Å². The van der Waals surface area contributed by atoms with Crippen molar-refractivity contribution < 1.29 is 18.8 Å². The molecule has 1 fully saturated rings. The van der Waals surface area contributed by atoms with Crippen molar-refractivity contribution in [3.8, 4) is 0 Å². The molecule has 0 bridgehead atoms. The summed E-state index contributed by atoms with van der Waals surface area (Å²) in [5.74, 6) is -0.966. The van der Waals surface area contributed by atoms with Crippen molar-refractivity contribution in [3.05, 3.63) is 29.7 Å². The number of hydrogen-bond donors (Lipinski definition) is 1. The minimum Gasteiger partial charge on any atom is -0.465 e. The maximum Gasteiger partial charge on any atom is 0.331 e. The molecule has 1 aliphatic heterocycles. The Morgan fingerprint density at radius 3 is 2.47 bits per heavy atom. The van der Waals surface area contributed by atoms with E-state index in [9.17, 15) is 14.4 Å². The summed E-state index contributed by atoms with van der Waals surface area (Å²) >= 11 is 0. The number of carbonyl (C=O) groups is 3. The summed E-state index contributed by atoms with van der Waals surface area (Å²) in [7, 11) is 0. The van der Waals surface area contributed by atoms with Gasteiger partial charge in [-0.3, -0.25) is 19.8 Å². The summed E-state index contributed by atoms with van der Waals surface area (Å²) in [6.45, 7) is 5.14. The zero-order chi connectivity index (χ0) is 14.2. The first-order valence-corrected chi connectivity index (χ1v) is 5.76. The van der Waals surface area contributed by atoms with Gasteiger partial charge in [0.2, 0.25) is 0 Å². The van der Waals surface area contributed by atoms with Gasteiger partial charge in [0.1, 0.15) is 11.3 Å². The van der Waals surface area contributed by atoms with Gasteiger partial charge in [0.25, 0.3) is 11.8 Å². The van der Waals surface area contributed by atoms with Gasteiger partial charge in [-0.15, -0.1) is 0 Å². The normalized spacial score (nSPS) is 19.0. The lowest BCUT2D eigenvalue weighted by Gasteiger charge is -2.36. The molecule has 2 rings (SSSR count). The monoisotopic (exact) mass is 262 g/mol. The second-order valence-electron chi connectivity index (χ2n) is 5.14. The molecule has 1 aromatic heterocycles. The number of barbiturate groups is 1. The van der Waals surface area contributed by atoms with Crippen LogP contribution in [0.3, 0.4) is 0 Å². The van der Waals surface area contributed by atoms with Crippen LogP contribution in [0.15, 0.2) is 28.4 Å². The molecule has 0 unspecified atom stereocenters. The first-order chi connectivity index (χ1) is 8.80. The standard InChI is InChI=1S/C13H14N2O4/c1-13(2,3)15-11(17)9(10(16)14-12(15)18)7-8-5-4-6-19-8/h4-7H,1-3H3,(H,14,16,18). The maximum absolute atomic E-state index is 12.3. The van der Waals surface area contributed by atoms with Gasteiger partial charge < -0.3 is 4.42 Å². The Kier molecular flexibility index (Phi) is 3.01. The number of rotatable bonds is 1. The van der Waals surface area contributed by atoms with Crippen LogP contribution in [0.5, 0.6) is 0 Å². The van der Waals surface area contributed by atoms with Crippen LogP contribution >= 0.6 is 0 Å². The van der Waals surface area contributed by atoms with Gasteiger partial charge in [0.15, 0.2) is 0 Å². The minimum atomic E-state index is -0.718. The molecule has 6 heteroatoms. The van der Waals surface area contributed by atoms with Gasteiger partial charge in [-0.25, -0.2) is 4.79 Å². The third-order valence-electron chi connectivity index (χ3n) is 2.60. The number of carbonyl (C=O) groups excluding carboxylic acids is 3. The molecule has 0 atom stereocenters. The first-order valence-electron chi connectivity index (χ1n) is 5.76. The molecule has 0 aromatic carbocycles. The van der Waals surface area contributed by atoms with E-state index in [1.165, 1.54) is 12.3 Å². The van der Waals surface area contributed by atoms with Crippen LogP contribution in [-0.2, 0) is 9.59 Å². The van der Waals surface area contributed by atoms with Gasteiger partial charge in [-0.2, -0.15) is 0 Å². The second-order valence-corrected chi connectivity index (χ2v) is 5.14. The van der Waals surface area contributed by atoms with Crippen molar-refractivity contribution >= 4 is 23.9 Å². The first kappa shape index (κ1) is 13.1. The van der Waals surface area contributed by atoms with Crippen molar-refractivity contribution in [3.63, 3.8) is 0 Å². The Bertz CT molecular complexity index is 564. The van der Waals surface area contributed by atoms with Crippen LogP contribution in [0.25, 0.3) is 6.08 Å². The van der Waals surface area contributed by atoms with Crippen LogP contribution in [0.4, 0.5) is 4.79 Å². The molecule has 0 saturated carbocycles. The van der Waals surface area contributed by atoms with Gasteiger partial charge in [-0.05, 0) is 39.0 Å². The van der Waals surface area contributed by atoms with Crippen LogP contribution in [0.1, 0.15) is 26.5 Å². The summed E-state index contributed by atoms with van der Waals surface area (Å²) in [5, 5.41) is 2.15. The summed E-state index contributed by atoms with van der Waals surface area (Å²) in [6, 6.07) is 2.55. The molecule has 100 valence electrons. The molecule has 19 heavy (non-hydrogen) atoms. The summed E-state index contributed by atoms with van der Waals surface area (Å²) < 4.78 is 5.07. The molecular weight excluding hydrogens is 248 g/mol. The average Bonchev–Trinajstić information content (AvgIpc) is 2.74. The lowest BCUT2D eigenvalue weighted by molar-refractivity contribution is -0.133. The molecule has 0 radical (unpaired) electrons. The third kappa shape index (κ3) is 2.42. The van der Waals surface area contributed by atoms with E-state index in [0.717, 1.165) is 4.90 Å². The van der Waals surface area contributed by atoms with E-state index in [1.807, 2.05) is 0 Å². The summed E-state index contributed by atoms with van der Waals surface area (Å²) in [6.07, 6.45) is 2.76. The quantitative estimate of drug-likeness (QED) is 0.615. The van der Waals surface area contributed by atoms with E-state index >= 15 is 0 Å². The van der Waals surface area contributed by atoms with E-state index in [0.29, 0.717) is 5.76 Å². The van der Waals surface area contributed by atoms with Gasteiger partial charge in [-0.1, -0.05) is 0 Å². The fourth-order valence-corrected chi connectivity index (χ4v) is 1.78. The average molecular weight is 262 g/mol. The molecule has 1 aromatic rings. The predicted molar refractivity (Wildman–Crippen MR) is 66.8 cm³/mol. The lowest BCUT2D eigenvalue weighted by Crippen LogP contribution is -2.60. The highest BCUT2D eigenvalue weighted by atomic mass is 16.3. The van der Waals surface area contributed by atoms with Crippen LogP contribution in [0, 0.1) is 0 Å². The van der Waals surface area contributed by atoms with Crippen molar-refractivity contribution in [1.29, 1.82) is 0 Å². The van der Waals surface area contributed by atoms with Crippen molar-refractivity contribution in [2.75, 3.05) is 0 Å². The minimum absolute atomic E-state index is 0.121. The smallest absolute Gasteiger partial charge is 0.331 e. The number of urea groups is 1. The van der Waals surface area contributed by atoms with E-state index in [4.69, 9.17) is 4.42 Å². The van der Waals surface area contributed by atoms with E-state index < -0.39 is 23.4 Å². The zero-order valence-corrected chi connectivity index (χ0v) is 10.9. The molecule has 2 heterocycles.